The van der Waals surface area contributed by atoms with E-state index < -0.39 is 17.8 Å². The van der Waals surface area contributed by atoms with Crippen molar-refractivity contribution in [1.29, 1.82) is 0 Å². The summed E-state index contributed by atoms with van der Waals surface area (Å²) in [6.07, 6.45) is -3.96. The van der Waals surface area contributed by atoms with Crippen LogP contribution in [0.3, 0.4) is 0 Å². The van der Waals surface area contributed by atoms with Crippen LogP contribution in [0.2, 0.25) is 0 Å². The summed E-state index contributed by atoms with van der Waals surface area (Å²) in [7, 11) is 1.94. The summed E-state index contributed by atoms with van der Waals surface area (Å²) in [5.74, 6) is 0.102. The Kier molecular flexibility index (Phi) is 7.54. The van der Waals surface area contributed by atoms with E-state index in [1.807, 2.05) is 42.3 Å². The first-order valence-corrected chi connectivity index (χ1v) is 8.96. The van der Waals surface area contributed by atoms with Gasteiger partial charge in [-0.05, 0) is 43.7 Å². The van der Waals surface area contributed by atoms with Crippen molar-refractivity contribution in [2.45, 2.75) is 19.5 Å². The molecule has 0 fully saturated rings. The number of nitrogens with zero attached hydrogens (tertiary/aromatic N) is 1. The Balaban J connectivity index is 1.87. The first-order valence-electron chi connectivity index (χ1n) is 8.96. The Bertz CT molecular complexity index is 767. The summed E-state index contributed by atoms with van der Waals surface area (Å²) >= 11 is 0. The summed E-state index contributed by atoms with van der Waals surface area (Å²) in [5.41, 5.74) is -0.205. The molecule has 2 amide bonds. The molecule has 2 N–H and O–H groups in total. The minimum absolute atomic E-state index is 0.102. The lowest BCUT2D eigenvalue weighted by atomic mass is 10.1. The van der Waals surface area contributed by atoms with E-state index in [4.69, 9.17) is 4.74 Å². The molecule has 0 aliphatic heterocycles. The number of rotatable bonds is 8. The number of halogens is 3. The Morgan fingerprint density at radius 1 is 1.14 bits per heavy atom. The van der Waals surface area contributed by atoms with Crippen LogP contribution in [0.15, 0.2) is 48.5 Å². The molecule has 0 saturated carbocycles. The SMILES string of the molecule is CCOc1ccc(NC(=O)NCCCN(C)c2ccccc2)c(C(F)(F)F)c1. The highest BCUT2D eigenvalue weighted by atomic mass is 19.4. The number of benzene rings is 2. The molecular formula is C20H24F3N3O2. The zero-order chi connectivity index (χ0) is 20.6. The molecule has 2 aromatic carbocycles. The van der Waals surface area contributed by atoms with E-state index in [-0.39, 0.29) is 18.0 Å². The molecule has 0 radical (unpaired) electrons. The smallest absolute Gasteiger partial charge is 0.418 e. The Hall–Kier alpha value is -2.90. The summed E-state index contributed by atoms with van der Waals surface area (Å²) in [5, 5.41) is 4.85. The predicted octanol–water partition coefficient (Wildman–Crippen LogP) is 4.75. The van der Waals surface area contributed by atoms with Gasteiger partial charge < -0.3 is 20.3 Å². The zero-order valence-electron chi connectivity index (χ0n) is 15.8. The average Bonchev–Trinajstić information content (AvgIpc) is 2.66. The van der Waals surface area contributed by atoms with E-state index >= 15 is 0 Å². The average molecular weight is 395 g/mol. The minimum atomic E-state index is -4.60. The van der Waals surface area contributed by atoms with Crippen LogP contribution >= 0.6 is 0 Å². The normalized spacial score (nSPS) is 11.0. The molecule has 8 heteroatoms. The number of amides is 2. The first-order chi connectivity index (χ1) is 13.3. The molecule has 0 atom stereocenters. The fourth-order valence-electron chi connectivity index (χ4n) is 2.62. The predicted molar refractivity (Wildman–Crippen MR) is 104 cm³/mol. The third kappa shape index (κ3) is 6.37. The van der Waals surface area contributed by atoms with Gasteiger partial charge in [0.05, 0.1) is 17.9 Å². The van der Waals surface area contributed by atoms with Crippen LogP contribution in [0.5, 0.6) is 5.75 Å². The number of para-hydroxylation sites is 1. The van der Waals surface area contributed by atoms with Crippen molar-refractivity contribution in [2.24, 2.45) is 0 Å². The Morgan fingerprint density at radius 3 is 2.50 bits per heavy atom. The molecule has 2 aromatic rings. The number of hydrogen-bond acceptors (Lipinski definition) is 3. The Morgan fingerprint density at radius 2 is 1.86 bits per heavy atom. The van der Waals surface area contributed by atoms with Gasteiger partial charge in [0.15, 0.2) is 0 Å². The van der Waals surface area contributed by atoms with Crippen molar-refractivity contribution in [3.05, 3.63) is 54.1 Å². The maximum absolute atomic E-state index is 13.2. The fourth-order valence-corrected chi connectivity index (χ4v) is 2.62. The number of carbonyl (C=O) groups is 1. The quantitative estimate of drug-likeness (QED) is 0.634. The number of alkyl halides is 3. The van der Waals surface area contributed by atoms with E-state index in [1.165, 1.54) is 12.1 Å². The van der Waals surface area contributed by atoms with Gasteiger partial charge in [0.25, 0.3) is 0 Å². The highest BCUT2D eigenvalue weighted by molar-refractivity contribution is 5.90. The summed E-state index contributed by atoms with van der Waals surface area (Å²) < 4.78 is 44.8. The monoisotopic (exact) mass is 395 g/mol. The summed E-state index contributed by atoms with van der Waals surface area (Å²) in [6.45, 7) is 2.96. The van der Waals surface area contributed by atoms with Crippen molar-refractivity contribution in [3.63, 3.8) is 0 Å². The number of ether oxygens (including phenoxy) is 1. The van der Waals surface area contributed by atoms with Crippen LogP contribution in [0.4, 0.5) is 29.3 Å². The summed E-state index contributed by atoms with van der Waals surface area (Å²) in [4.78, 5) is 14.0. The fraction of sp³-hybridized carbons (Fsp3) is 0.350. The largest absolute Gasteiger partial charge is 0.494 e. The van der Waals surface area contributed by atoms with Crippen molar-refractivity contribution < 1.29 is 22.7 Å². The number of urea groups is 1. The molecule has 0 spiro atoms. The van der Waals surface area contributed by atoms with Crippen LogP contribution in [-0.4, -0.2) is 32.8 Å². The topological polar surface area (TPSA) is 53.6 Å². The second kappa shape index (κ2) is 9.87. The lowest BCUT2D eigenvalue weighted by molar-refractivity contribution is -0.137. The highest BCUT2D eigenvalue weighted by Gasteiger charge is 2.34. The van der Waals surface area contributed by atoms with Gasteiger partial charge in [-0.2, -0.15) is 13.2 Å². The van der Waals surface area contributed by atoms with Crippen LogP contribution in [0.1, 0.15) is 18.9 Å². The standard InChI is InChI=1S/C20H24F3N3O2/c1-3-28-16-10-11-18(17(14-16)20(21,22)23)25-19(27)24-12-7-13-26(2)15-8-5-4-6-9-15/h4-6,8-11,14H,3,7,12-13H2,1-2H3,(H2,24,25,27). The molecule has 0 heterocycles. The molecule has 0 bridgehead atoms. The van der Waals surface area contributed by atoms with E-state index in [0.29, 0.717) is 19.5 Å². The third-order valence-electron chi connectivity index (χ3n) is 4.01. The van der Waals surface area contributed by atoms with Crippen molar-refractivity contribution in [3.8, 4) is 5.75 Å². The van der Waals surface area contributed by atoms with Gasteiger partial charge >= 0.3 is 12.2 Å². The number of carbonyl (C=O) groups excluding carboxylic acids is 1. The molecule has 152 valence electrons. The van der Waals surface area contributed by atoms with Crippen LogP contribution in [0.25, 0.3) is 0 Å². The van der Waals surface area contributed by atoms with Gasteiger partial charge in [-0.15, -0.1) is 0 Å². The Labute approximate surface area is 162 Å². The molecule has 28 heavy (non-hydrogen) atoms. The molecule has 5 nitrogen and oxygen atoms in total. The maximum Gasteiger partial charge on any atom is 0.418 e. The lowest BCUT2D eigenvalue weighted by Gasteiger charge is -2.19. The van der Waals surface area contributed by atoms with E-state index in [1.54, 1.807) is 6.92 Å². The van der Waals surface area contributed by atoms with Crippen LogP contribution in [-0.2, 0) is 6.18 Å². The highest BCUT2D eigenvalue weighted by Crippen LogP contribution is 2.37. The van der Waals surface area contributed by atoms with Gasteiger partial charge in [-0.1, -0.05) is 18.2 Å². The van der Waals surface area contributed by atoms with Crippen molar-refractivity contribution in [1.82, 2.24) is 5.32 Å². The van der Waals surface area contributed by atoms with Crippen molar-refractivity contribution >= 4 is 17.4 Å². The van der Waals surface area contributed by atoms with E-state index in [9.17, 15) is 18.0 Å². The van der Waals surface area contributed by atoms with E-state index in [0.717, 1.165) is 11.8 Å². The van der Waals surface area contributed by atoms with Gasteiger partial charge in [0.1, 0.15) is 5.75 Å². The number of anilines is 2. The van der Waals surface area contributed by atoms with Crippen LogP contribution in [0, 0.1) is 0 Å². The molecular weight excluding hydrogens is 371 g/mol. The van der Waals surface area contributed by atoms with Crippen molar-refractivity contribution in [2.75, 3.05) is 37.0 Å². The molecule has 2 rings (SSSR count). The van der Waals surface area contributed by atoms with Gasteiger partial charge in [0.2, 0.25) is 0 Å². The van der Waals surface area contributed by atoms with Gasteiger partial charge in [-0.25, -0.2) is 4.79 Å². The number of nitrogens with one attached hydrogen (secondary N) is 2. The third-order valence-corrected chi connectivity index (χ3v) is 4.01. The zero-order valence-corrected chi connectivity index (χ0v) is 15.8. The minimum Gasteiger partial charge on any atom is -0.494 e. The molecule has 0 unspecified atom stereocenters. The summed E-state index contributed by atoms with van der Waals surface area (Å²) in [6, 6.07) is 12.5. The maximum atomic E-state index is 13.2. The van der Waals surface area contributed by atoms with Crippen LogP contribution < -0.4 is 20.3 Å². The second-order valence-electron chi connectivity index (χ2n) is 6.13. The molecule has 0 aromatic heterocycles. The number of hydrogen-bond donors (Lipinski definition) is 2. The lowest BCUT2D eigenvalue weighted by Crippen LogP contribution is -2.32. The first kappa shape index (κ1) is 21.4. The van der Waals surface area contributed by atoms with Gasteiger partial charge in [-0.3, -0.25) is 0 Å². The second-order valence-corrected chi connectivity index (χ2v) is 6.13. The van der Waals surface area contributed by atoms with Gasteiger partial charge in [0, 0.05) is 25.8 Å². The molecule has 0 saturated heterocycles. The molecule has 0 aliphatic carbocycles. The molecule has 0 aliphatic rings. The van der Waals surface area contributed by atoms with E-state index in [2.05, 4.69) is 10.6 Å².